The molecule has 0 spiro atoms. The quantitative estimate of drug-likeness (QED) is 0.576. The molecule has 1 aliphatic rings. The highest BCUT2D eigenvalue weighted by Crippen LogP contribution is 2.38. The minimum absolute atomic E-state index is 0.0339. The van der Waals surface area contributed by atoms with Crippen LogP contribution in [0, 0.1) is 17.6 Å². The summed E-state index contributed by atoms with van der Waals surface area (Å²) < 4.78 is 27.7. The molecule has 0 aliphatic heterocycles. The lowest BCUT2D eigenvalue weighted by molar-refractivity contribution is -0.130. The highest BCUT2D eigenvalue weighted by molar-refractivity contribution is 6.07. The Balaban J connectivity index is 1.94. The summed E-state index contributed by atoms with van der Waals surface area (Å²) in [6.45, 7) is 1.23. The van der Waals surface area contributed by atoms with Crippen LogP contribution in [0.15, 0.2) is 42.5 Å². The lowest BCUT2D eigenvalue weighted by atomic mass is 9.76. The summed E-state index contributed by atoms with van der Waals surface area (Å²) in [6, 6.07) is 9.40. The maximum absolute atomic E-state index is 14.0. The molecular weight excluding hydrogens is 364 g/mol. The van der Waals surface area contributed by atoms with Crippen molar-refractivity contribution in [1.82, 2.24) is 5.32 Å². The van der Waals surface area contributed by atoms with Gasteiger partial charge < -0.3 is 5.32 Å². The van der Waals surface area contributed by atoms with Gasteiger partial charge in [0.1, 0.15) is 23.3 Å². The molecule has 2 aromatic rings. The number of rotatable bonds is 7. The molecule has 28 heavy (non-hydrogen) atoms. The summed E-state index contributed by atoms with van der Waals surface area (Å²) in [4.78, 5) is 36.6. The summed E-state index contributed by atoms with van der Waals surface area (Å²) in [5.41, 5.74) is 0.352. The molecule has 1 saturated carbocycles. The first-order valence-electron chi connectivity index (χ1n) is 9.22. The highest BCUT2D eigenvalue weighted by atomic mass is 19.1. The summed E-state index contributed by atoms with van der Waals surface area (Å²) in [6.07, 6.45) is 3.09. The van der Waals surface area contributed by atoms with E-state index in [-0.39, 0.29) is 17.0 Å². The number of ketones is 1. The van der Waals surface area contributed by atoms with Gasteiger partial charge in [-0.3, -0.25) is 14.4 Å². The van der Waals surface area contributed by atoms with E-state index in [0.29, 0.717) is 11.8 Å². The van der Waals surface area contributed by atoms with E-state index in [1.807, 2.05) is 0 Å². The fourth-order valence-electron chi connectivity index (χ4n) is 3.66. The molecule has 6 heteroatoms. The first kappa shape index (κ1) is 19.9. The van der Waals surface area contributed by atoms with Gasteiger partial charge in [0.25, 0.3) is 0 Å². The summed E-state index contributed by atoms with van der Waals surface area (Å²) in [5.74, 6) is -3.50. The molecule has 1 unspecified atom stereocenters. The number of amides is 1. The van der Waals surface area contributed by atoms with Crippen LogP contribution in [0.5, 0.6) is 0 Å². The third kappa shape index (κ3) is 4.01. The second kappa shape index (κ2) is 8.42. The molecule has 0 radical (unpaired) electrons. The summed E-state index contributed by atoms with van der Waals surface area (Å²) in [7, 11) is 0. The second-order valence-corrected chi connectivity index (χ2v) is 7.14. The molecule has 2 atom stereocenters. The maximum Gasteiger partial charge on any atom is 0.235 e. The van der Waals surface area contributed by atoms with Crippen molar-refractivity contribution in [2.24, 2.45) is 5.92 Å². The predicted molar refractivity (Wildman–Crippen MR) is 99.8 cm³/mol. The number of halogens is 2. The fourth-order valence-corrected chi connectivity index (χ4v) is 3.66. The molecule has 146 valence electrons. The number of hydrogen-bond acceptors (Lipinski definition) is 3. The van der Waals surface area contributed by atoms with Gasteiger partial charge in [0.05, 0.1) is 11.6 Å². The van der Waals surface area contributed by atoms with E-state index in [0.717, 1.165) is 25.3 Å². The fraction of sp³-hybridized carbons (Fsp3) is 0.318. The van der Waals surface area contributed by atoms with Crippen LogP contribution in [0.3, 0.4) is 0 Å². The Kier molecular flexibility index (Phi) is 5.97. The van der Waals surface area contributed by atoms with Gasteiger partial charge in [-0.15, -0.1) is 0 Å². The van der Waals surface area contributed by atoms with E-state index in [1.165, 1.54) is 31.2 Å². The lowest BCUT2D eigenvalue weighted by Crippen LogP contribution is -2.40. The maximum atomic E-state index is 14.0. The van der Waals surface area contributed by atoms with E-state index in [9.17, 15) is 23.2 Å². The van der Waals surface area contributed by atoms with Gasteiger partial charge in [-0.2, -0.15) is 0 Å². The van der Waals surface area contributed by atoms with Crippen LogP contribution in [0.1, 0.15) is 59.6 Å². The zero-order valence-corrected chi connectivity index (χ0v) is 15.5. The van der Waals surface area contributed by atoms with Crippen molar-refractivity contribution in [3.63, 3.8) is 0 Å². The third-order valence-corrected chi connectivity index (χ3v) is 5.31. The monoisotopic (exact) mass is 385 g/mol. The lowest BCUT2D eigenvalue weighted by Gasteiger charge is -2.35. The molecule has 1 N–H and O–H groups in total. The molecule has 0 heterocycles. The number of carbonyl (C=O) groups is 3. The average Bonchev–Trinajstić information content (AvgIpc) is 2.59. The Hall–Kier alpha value is -2.89. The van der Waals surface area contributed by atoms with Crippen molar-refractivity contribution >= 4 is 18.0 Å². The Bertz CT molecular complexity index is 908. The van der Waals surface area contributed by atoms with Gasteiger partial charge in [0, 0.05) is 0 Å². The minimum atomic E-state index is -1.31. The number of carbonyl (C=O) groups excluding carboxylic acids is 3. The van der Waals surface area contributed by atoms with Crippen molar-refractivity contribution in [3.05, 3.63) is 70.8 Å². The first-order valence-corrected chi connectivity index (χ1v) is 9.22. The smallest absolute Gasteiger partial charge is 0.235 e. The summed E-state index contributed by atoms with van der Waals surface area (Å²) >= 11 is 0. The van der Waals surface area contributed by atoms with Gasteiger partial charge in [-0.1, -0.05) is 30.7 Å². The molecule has 1 amide bonds. The second-order valence-electron chi connectivity index (χ2n) is 7.14. The standard InChI is InChI=1S/C22H21F2NO3/c1-13(27)20(17-9-4-10-19(24)18(17)12-26)22(28)25-21(14-5-2-6-14)15-7-3-8-16(23)11-15/h3-4,7-12,14,20-21H,2,5-6H2,1H3,(H,25,28)/t20?,21-/m0/s1. The molecule has 3 rings (SSSR count). The largest absolute Gasteiger partial charge is 0.348 e. The molecule has 2 aromatic carbocycles. The Morgan fingerprint density at radius 2 is 1.86 bits per heavy atom. The van der Waals surface area contributed by atoms with Gasteiger partial charge >= 0.3 is 0 Å². The van der Waals surface area contributed by atoms with Crippen LogP contribution in [-0.4, -0.2) is 18.0 Å². The zero-order chi connectivity index (χ0) is 20.3. The van der Waals surface area contributed by atoms with Crippen LogP contribution < -0.4 is 5.32 Å². The van der Waals surface area contributed by atoms with Crippen molar-refractivity contribution in [3.8, 4) is 0 Å². The molecule has 4 nitrogen and oxygen atoms in total. The molecule has 0 aromatic heterocycles. The van der Waals surface area contributed by atoms with Gasteiger partial charge in [0.2, 0.25) is 5.91 Å². The number of benzene rings is 2. The van der Waals surface area contributed by atoms with Crippen molar-refractivity contribution < 1.29 is 23.2 Å². The van der Waals surface area contributed by atoms with Gasteiger partial charge in [0.15, 0.2) is 6.29 Å². The highest BCUT2D eigenvalue weighted by Gasteiger charge is 2.34. The molecule has 1 fully saturated rings. The number of aldehydes is 1. The number of hydrogen-bond donors (Lipinski definition) is 1. The van der Waals surface area contributed by atoms with E-state index in [4.69, 9.17) is 0 Å². The van der Waals surface area contributed by atoms with Crippen LogP contribution in [0.2, 0.25) is 0 Å². The first-order chi connectivity index (χ1) is 13.4. The van der Waals surface area contributed by atoms with E-state index >= 15 is 0 Å². The molecular formula is C22H21F2NO3. The topological polar surface area (TPSA) is 63.2 Å². The molecule has 0 saturated heterocycles. The van der Waals surface area contributed by atoms with Crippen LogP contribution in [-0.2, 0) is 9.59 Å². The SMILES string of the molecule is CC(=O)C(C(=O)N[C@H](c1cccc(F)c1)C1CCC1)c1cccc(F)c1C=O. The summed E-state index contributed by atoms with van der Waals surface area (Å²) in [5, 5.41) is 2.85. The van der Waals surface area contributed by atoms with Crippen LogP contribution in [0.25, 0.3) is 0 Å². The number of nitrogens with one attached hydrogen (secondary N) is 1. The van der Waals surface area contributed by atoms with E-state index in [1.54, 1.807) is 12.1 Å². The third-order valence-electron chi connectivity index (χ3n) is 5.31. The predicted octanol–water partition coefficient (Wildman–Crippen LogP) is 4.11. The van der Waals surface area contributed by atoms with Crippen LogP contribution in [0.4, 0.5) is 8.78 Å². The van der Waals surface area contributed by atoms with E-state index < -0.39 is 35.3 Å². The Morgan fingerprint density at radius 3 is 2.43 bits per heavy atom. The minimum Gasteiger partial charge on any atom is -0.348 e. The van der Waals surface area contributed by atoms with E-state index in [2.05, 4.69) is 5.32 Å². The van der Waals surface area contributed by atoms with Crippen LogP contribution >= 0.6 is 0 Å². The van der Waals surface area contributed by atoms with Gasteiger partial charge in [-0.05, 0) is 55.0 Å². The van der Waals surface area contributed by atoms with Crippen molar-refractivity contribution in [1.29, 1.82) is 0 Å². The molecule has 0 bridgehead atoms. The average molecular weight is 385 g/mol. The Morgan fingerprint density at radius 1 is 1.14 bits per heavy atom. The van der Waals surface area contributed by atoms with Gasteiger partial charge in [-0.25, -0.2) is 8.78 Å². The Labute approximate surface area is 161 Å². The normalized spacial score (nSPS) is 16.0. The number of Topliss-reactive ketones (excluding diaryl/α,β-unsaturated/α-hetero) is 1. The molecule has 1 aliphatic carbocycles. The van der Waals surface area contributed by atoms with Crippen molar-refractivity contribution in [2.45, 2.75) is 38.1 Å². The zero-order valence-electron chi connectivity index (χ0n) is 15.5. The van der Waals surface area contributed by atoms with Crippen molar-refractivity contribution in [2.75, 3.05) is 0 Å².